The van der Waals surface area contributed by atoms with E-state index in [0.29, 0.717) is 30.8 Å². The number of ether oxygens (including phenoxy) is 1. The second-order valence-corrected chi connectivity index (χ2v) is 7.83. The molecule has 1 atom stereocenters. The van der Waals surface area contributed by atoms with Crippen LogP contribution in [0.2, 0.25) is 0 Å². The van der Waals surface area contributed by atoms with E-state index in [1.165, 1.54) is 6.07 Å². The van der Waals surface area contributed by atoms with Crippen LogP contribution in [0.3, 0.4) is 0 Å². The highest BCUT2D eigenvalue weighted by Gasteiger charge is 2.35. The molecule has 2 aliphatic heterocycles. The molecule has 27 heavy (non-hydrogen) atoms. The number of piperidine rings is 1. The van der Waals surface area contributed by atoms with Crippen molar-refractivity contribution in [2.24, 2.45) is 10.3 Å². The molecular formula is C18H19N3O5S. The molecule has 1 saturated heterocycles. The molecule has 0 bridgehead atoms. The molecule has 0 radical (unpaired) electrons. The van der Waals surface area contributed by atoms with Gasteiger partial charge in [0.25, 0.3) is 15.9 Å². The monoisotopic (exact) mass is 389 g/mol. The Labute approximate surface area is 157 Å². The zero-order valence-corrected chi connectivity index (χ0v) is 15.4. The second-order valence-electron chi connectivity index (χ2n) is 6.26. The first kappa shape index (κ1) is 18.9. The van der Waals surface area contributed by atoms with Gasteiger partial charge in [-0.3, -0.25) is 9.59 Å². The molecular weight excluding hydrogens is 370 g/mol. The SMILES string of the molecule is C#CCNC(=O)COC(=O)[C@@H]1CCCN(C2=NS(=O)(=O)c3ccccc32)C1. The van der Waals surface area contributed by atoms with Gasteiger partial charge < -0.3 is 15.0 Å². The normalized spacial score (nSPS) is 20.2. The Kier molecular flexibility index (Phi) is 5.46. The van der Waals surface area contributed by atoms with Crippen LogP contribution >= 0.6 is 0 Å². The number of rotatable bonds is 4. The number of esters is 1. The van der Waals surface area contributed by atoms with Crippen molar-refractivity contribution < 1.29 is 22.7 Å². The smallest absolute Gasteiger partial charge is 0.311 e. The van der Waals surface area contributed by atoms with Crippen LogP contribution in [0.15, 0.2) is 33.6 Å². The fourth-order valence-corrected chi connectivity index (χ4v) is 4.36. The van der Waals surface area contributed by atoms with Crippen molar-refractivity contribution in [1.29, 1.82) is 0 Å². The third kappa shape index (κ3) is 4.11. The molecule has 142 valence electrons. The average molecular weight is 389 g/mol. The predicted molar refractivity (Wildman–Crippen MR) is 97.3 cm³/mol. The number of hydrogen-bond donors (Lipinski definition) is 1. The third-order valence-corrected chi connectivity index (χ3v) is 5.73. The lowest BCUT2D eigenvalue weighted by molar-refractivity contribution is -0.153. The fourth-order valence-electron chi connectivity index (χ4n) is 3.13. The van der Waals surface area contributed by atoms with E-state index in [-0.39, 0.29) is 18.0 Å². The first-order valence-corrected chi connectivity index (χ1v) is 9.92. The highest BCUT2D eigenvalue weighted by Crippen LogP contribution is 2.29. The minimum absolute atomic E-state index is 0.0707. The molecule has 0 saturated carbocycles. The average Bonchev–Trinajstić information content (AvgIpc) is 2.96. The Morgan fingerprint density at radius 1 is 1.37 bits per heavy atom. The van der Waals surface area contributed by atoms with E-state index in [1.54, 1.807) is 23.1 Å². The van der Waals surface area contributed by atoms with Crippen LogP contribution in [-0.4, -0.2) is 57.3 Å². The van der Waals surface area contributed by atoms with Crippen molar-refractivity contribution >= 4 is 27.7 Å². The van der Waals surface area contributed by atoms with Crippen LogP contribution < -0.4 is 5.32 Å². The van der Waals surface area contributed by atoms with Gasteiger partial charge in [-0.15, -0.1) is 10.8 Å². The molecule has 1 amide bonds. The molecule has 1 N–H and O–H groups in total. The molecule has 1 fully saturated rings. The van der Waals surface area contributed by atoms with Gasteiger partial charge in [-0.25, -0.2) is 0 Å². The number of amidine groups is 1. The molecule has 2 aliphatic rings. The summed E-state index contributed by atoms with van der Waals surface area (Å²) in [5.74, 6) is 1.20. The van der Waals surface area contributed by atoms with Gasteiger partial charge in [0.2, 0.25) is 0 Å². The van der Waals surface area contributed by atoms with E-state index in [2.05, 4.69) is 15.6 Å². The predicted octanol–water partition coefficient (Wildman–Crippen LogP) is 0.140. The van der Waals surface area contributed by atoms with E-state index in [0.717, 1.165) is 0 Å². The largest absolute Gasteiger partial charge is 0.455 e. The number of nitrogens with zero attached hydrogens (tertiary/aromatic N) is 2. The quantitative estimate of drug-likeness (QED) is 0.580. The van der Waals surface area contributed by atoms with E-state index >= 15 is 0 Å². The number of nitrogens with one attached hydrogen (secondary N) is 1. The minimum atomic E-state index is -3.71. The molecule has 2 heterocycles. The molecule has 0 unspecified atom stereocenters. The first-order chi connectivity index (χ1) is 12.9. The van der Waals surface area contributed by atoms with Crippen molar-refractivity contribution in [3.05, 3.63) is 29.8 Å². The van der Waals surface area contributed by atoms with Crippen LogP contribution in [0.5, 0.6) is 0 Å². The lowest BCUT2D eigenvalue weighted by Crippen LogP contribution is -2.43. The number of terminal acetylenes is 1. The third-order valence-electron chi connectivity index (χ3n) is 4.40. The van der Waals surface area contributed by atoms with Gasteiger partial charge in [-0.1, -0.05) is 18.1 Å². The zero-order valence-electron chi connectivity index (χ0n) is 14.6. The zero-order chi connectivity index (χ0) is 19.4. The van der Waals surface area contributed by atoms with Gasteiger partial charge in [0, 0.05) is 18.7 Å². The van der Waals surface area contributed by atoms with Crippen LogP contribution in [0.1, 0.15) is 18.4 Å². The number of benzene rings is 1. The summed E-state index contributed by atoms with van der Waals surface area (Å²) in [6.45, 7) is 0.555. The van der Waals surface area contributed by atoms with Crippen molar-refractivity contribution in [2.45, 2.75) is 17.7 Å². The molecule has 0 aromatic heterocycles. The Balaban J connectivity index is 1.66. The first-order valence-electron chi connectivity index (χ1n) is 8.48. The Morgan fingerprint density at radius 3 is 2.93 bits per heavy atom. The van der Waals surface area contributed by atoms with Gasteiger partial charge in [0.15, 0.2) is 12.4 Å². The number of fused-ring (bicyclic) bond motifs is 1. The number of sulfonamides is 1. The van der Waals surface area contributed by atoms with E-state index in [1.807, 2.05) is 0 Å². The highest BCUT2D eigenvalue weighted by atomic mass is 32.2. The van der Waals surface area contributed by atoms with Gasteiger partial charge in [-0.05, 0) is 25.0 Å². The molecule has 3 rings (SSSR count). The standard InChI is InChI=1S/C18H19N3O5S/c1-2-9-19-16(22)12-26-18(23)13-6-5-10-21(11-13)17-14-7-3-4-8-15(14)27(24,25)20-17/h1,3-4,7-8,13H,5-6,9-12H2,(H,19,22)/t13-/m1/s1. The van der Waals surface area contributed by atoms with Gasteiger partial charge in [-0.2, -0.15) is 8.42 Å². The fraction of sp³-hybridized carbons (Fsp3) is 0.389. The van der Waals surface area contributed by atoms with Crippen molar-refractivity contribution in [3.8, 4) is 12.3 Å². The summed E-state index contributed by atoms with van der Waals surface area (Å²) in [6, 6.07) is 6.62. The Bertz CT molecular complexity index is 933. The summed E-state index contributed by atoms with van der Waals surface area (Å²) in [4.78, 5) is 25.7. The maximum absolute atomic E-state index is 12.3. The van der Waals surface area contributed by atoms with E-state index < -0.39 is 34.4 Å². The van der Waals surface area contributed by atoms with Crippen molar-refractivity contribution in [1.82, 2.24) is 10.2 Å². The summed E-state index contributed by atoms with van der Waals surface area (Å²) >= 11 is 0. The number of amides is 1. The maximum atomic E-state index is 12.3. The molecule has 9 heteroatoms. The summed E-state index contributed by atoms with van der Waals surface area (Å²) in [5, 5.41) is 2.42. The van der Waals surface area contributed by atoms with E-state index in [9.17, 15) is 18.0 Å². The Hall–Kier alpha value is -2.86. The number of carbonyl (C=O) groups is 2. The molecule has 0 spiro atoms. The van der Waals surface area contributed by atoms with Crippen molar-refractivity contribution in [3.63, 3.8) is 0 Å². The molecule has 1 aromatic carbocycles. The summed E-state index contributed by atoms with van der Waals surface area (Å²) in [5.41, 5.74) is 0.542. The van der Waals surface area contributed by atoms with Gasteiger partial charge >= 0.3 is 5.97 Å². The Morgan fingerprint density at radius 2 is 2.15 bits per heavy atom. The number of carbonyl (C=O) groups excluding carboxylic acids is 2. The molecule has 0 aliphatic carbocycles. The van der Waals surface area contributed by atoms with Crippen molar-refractivity contribution in [2.75, 3.05) is 26.2 Å². The highest BCUT2D eigenvalue weighted by molar-refractivity contribution is 7.90. The molecule has 8 nitrogen and oxygen atoms in total. The molecule has 1 aromatic rings. The van der Waals surface area contributed by atoms with Crippen LogP contribution in [-0.2, 0) is 24.3 Å². The number of hydrogen-bond acceptors (Lipinski definition) is 6. The maximum Gasteiger partial charge on any atom is 0.311 e. The van der Waals surface area contributed by atoms with Gasteiger partial charge in [0.1, 0.15) is 4.90 Å². The summed E-state index contributed by atoms with van der Waals surface area (Å²) < 4.78 is 33.4. The number of likely N-dealkylation sites (tertiary alicyclic amines) is 1. The van der Waals surface area contributed by atoms with Crippen LogP contribution in [0.25, 0.3) is 0 Å². The van der Waals surface area contributed by atoms with E-state index in [4.69, 9.17) is 11.2 Å². The topological polar surface area (TPSA) is 105 Å². The lowest BCUT2D eigenvalue weighted by Gasteiger charge is -2.32. The van der Waals surface area contributed by atoms with Crippen LogP contribution in [0, 0.1) is 18.3 Å². The second kappa shape index (κ2) is 7.80. The minimum Gasteiger partial charge on any atom is -0.455 e. The summed E-state index contributed by atoms with van der Waals surface area (Å²) in [6.07, 6.45) is 6.33. The summed E-state index contributed by atoms with van der Waals surface area (Å²) in [7, 11) is -3.71. The van der Waals surface area contributed by atoms with Gasteiger partial charge in [0.05, 0.1) is 12.5 Å². The van der Waals surface area contributed by atoms with Crippen LogP contribution in [0.4, 0.5) is 0 Å². The lowest BCUT2D eigenvalue weighted by atomic mass is 9.97.